The van der Waals surface area contributed by atoms with Crippen molar-refractivity contribution in [3.05, 3.63) is 64.4 Å². The van der Waals surface area contributed by atoms with Crippen LogP contribution in [0.3, 0.4) is 0 Å². The van der Waals surface area contributed by atoms with Crippen LogP contribution in [0.1, 0.15) is 11.1 Å². The number of halogens is 5. The van der Waals surface area contributed by atoms with Crippen molar-refractivity contribution < 1.29 is 46.1 Å². The van der Waals surface area contributed by atoms with Crippen LogP contribution in [0.15, 0.2) is 41.6 Å². The first-order valence-corrected chi connectivity index (χ1v) is 9.80. The molecule has 1 aliphatic rings. The van der Waals surface area contributed by atoms with Crippen molar-refractivity contribution in [3.8, 4) is 11.5 Å². The van der Waals surface area contributed by atoms with Crippen molar-refractivity contribution in [2.24, 2.45) is 0 Å². The first-order valence-electron chi connectivity index (χ1n) is 9.80. The molecule has 0 atom stereocenters. The summed E-state index contributed by atoms with van der Waals surface area (Å²) in [6.45, 7) is 1.01. The SMILES string of the molecule is COC(=O)C1=C(Nc2cccc(Oc3c(F)cc(C(F)(F)F)cc3F)c2C)C(=O)N(CCO)C1. The fourth-order valence-electron chi connectivity index (χ4n) is 3.28. The lowest BCUT2D eigenvalue weighted by Gasteiger charge is -2.17. The molecule has 2 aromatic carbocycles. The van der Waals surface area contributed by atoms with Gasteiger partial charge in [-0.05, 0) is 31.2 Å². The second-order valence-corrected chi connectivity index (χ2v) is 7.22. The molecule has 0 spiro atoms. The van der Waals surface area contributed by atoms with Gasteiger partial charge >= 0.3 is 12.1 Å². The van der Waals surface area contributed by atoms with Gasteiger partial charge in [0.15, 0.2) is 17.4 Å². The number of ether oxygens (including phenoxy) is 2. The molecule has 7 nitrogen and oxygen atoms in total. The lowest BCUT2D eigenvalue weighted by molar-refractivity contribution is -0.138. The summed E-state index contributed by atoms with van der Waals surface area (Å²) >= 11 is 0. The quantitative estimate of drug-likeness (QED) is 0.458. The summed E-state index contributed by atoms with van der Waals surface area (Å²) in [4.78, 5) is 26.0. The third-order valence-electron chi connectivity index (χ3n) is 5.03. The van der Waals surface area contributed by atoms with E-state index < -0.39 is 41.0 Å². The Morgan fingerprint density at radius 3 is 2.41 bits per heavy atom. The van der Waals surface area contributed by atoms with Crippen molar-refractivity contribution in [2.45, 2.75) is 13.1 Å². The predicted octanol–water partition coefficient (Wildman–Crippen LogP) is 3.76. The van der Waals surface area contributed by atoms with E-state index in [1.807, 2.05) is 0 Å². The van der Waals surface area contributed by atoms with Crippen LogP contribution in [0.2, 0.25) is 0 Å². The maximum Gasteiger partial charge on any atom is 0.416 e. The number of methoxy groups -OCH3 is 1. The van der Waals surface area contributed by atoms with E-state index in [-0.39, 0.29) is 60.1 Å². The van der Waals surface area contributed by atoms with Crippen molar-refractivity contribution in [1.29, 1.82) is 0 Å². The number of alkyl halides is 3. The minimum Gasteiger partial charge on any atom is -0.466 e. The summed E-state index contributed by atoms with van der Waals surface area (Å²) in [7, 11) is 1.14. The summed E-state index contributed by atoms with van der Waals surface area (Å²) in [6.07, 6.45) is -4.94. The molecule has 2 N–H and O–H groups in total. The summed E-state index contributed by atoms with van der Waals surface area (Å²) < 4.78 is 76.7. The minimum absolute atomic E-state index is 0.00602. The van der Waals surface area contributed by atoms with Crippen LogP contribution in [-0.2, 0) is 20.5 Å². The molecule has 2 aromatic rings. The van der Waals surface area contributed by atoms with Crippen molar-refractivity contribution in [3.63, 3.8) is 0 Å². The Morgan fingerprint density at radius 1 is 1.21 bits per heavy atom. The highest BCUT2D eigenvalue weighted by Crippen LogP contribution is 2.37. The number of carbonyl (C=O) groups excluding carboxylic acids is 2. The molecule has 182 valence electrons. The van der Waals surface area contributed by atoms with Gasteiger partial charge in [-0.1, -0.05) is 6.07 Å². The molecule has 0 fully saturated rings. The molecule has 0 bridgehead atoms. The van der Waals surface area contributed by atoms with Crippen LogP contribution in [0.5, 0.6) is 11.5 Å². The van der Waals surface area contributed by atoms with Gasteiger partial charge in [0.05, 0.1) is 31.4 Å². The van der Waals surface area contributed by atoms with Crippen LogP contribution in [0, 0.1) is 18.6 Å². The molecule has 1 heterocycles. The Kier molecular flexibility index (Phi) is 7.10. The fraction of sp³-hybridized carbons (Fsp3) is 0.273. The van der Waals surface area contributed by atoms with Gasteiger partial charge in [0, 0.05) is 17.8 Å². The van der Waals surface area contributed by atoms with Crippen LogP contribution >= 0.6 is 0 Å². The highest BCUT2D eigenvalue weighted by atomic mass is 19.4. The zero-order valence-corrected chi connectivity index (χ0v) is 17.9. The Hall–Kier alpha value is -3.67. The molecule has 0 radical (unpaired) electrons. The molecule has 34 heavy (non-hydrogen) atoms. The van der Waals surface area contributed by atoms with Gasteiger partial charge in [0.25, 0.3) is 5.91 Å². The standard InChI is InChI=1S/C22H19F5N2O5/c1-11-16(28-18-13(21(32)33-2)10-29(6-7-30)20(18)31)4-3-5-17(11)34-19-14(23)8-12(9-15(19)24)22(25,26)27/h3-5,8-9,28,30H,6-7,10H2,1-2H3. The summed E-state index contributed by atoms with van der Waals surface area (Å²) in [5.74, 6) is -5.60. The average molecular weight is 486 g/mol. The number of nitrogens with zero attached hydrogens (tertiary/aromatic N) is 1. The Morgan fingerprint density at radius 2 is 1.85 bits per heavy atom. The Bertz CT molecular complexity index is 1140. The molecule has 0 saturated carbocycles. The van der Waals surface area contributed by atoms with E-state index in [9.17, 15) is 31.5 Å². The van der Waals surface area contributed by atoms with E-state index in [1.54, 1.807) is 0 Å². The van der Waals surface area contributed by atoms with E-state index >= 15 is 0 Å². The summed E-state index contributed by atoms with van der Waals surface area (Å²) in [6, 6.07) is 4.47. The lowest BCUT2D eigenvalue weighted by atomic mass is 10.1. The van der Waals surface area contributed by atoms with Gasteiger partial charge < -0.3 is 24.8 Å². The topological polar surface area (TPSA) is 88.1 Å². The normalized spacial score (nSPS) is 14.0. The zero-order chi connectivity index (χ0) is 25.2. The molecule has 1 amide bonds. The highest BCUT2D eigenvalue weighted by molar-refractivity contribution is 6.08. The predicted molar refractivity (Wildman–Crippen MR) is 109 cm³/mol. The monoisotopic (exact) mass is 486 g/mol. The average Bonchev–Trinajstić information content (AvgIpc) is 3.07. The number of carbonyl (C=O) groups is 2. The summed E-state index contributed by atoms with van der Waals surface area (Å²) in [5.41, 5.74) is -1.15. The number of aliphatic hydroxyl groups excluding tert-OH is 1. The number of amides is 1. The van der Waals surface area contributed by atoms with Crippen LogP contribution in [0.25, 0.3) is 0 Å². The first-order chi connectivity index (χ1) is 16.0. The van der Waals surface area contributed by atoms with Gasteiger partial charge in [0.1, 0.15) is 11.4 Å². The summed E-state index contributed by atoms with van der Waals surface area (Å²) in [5, 5.41) is 11.9. The number of β-amino-alcohol motifs (C(OH)–C–C–N with tert-alkyl or cyclic N) is 1. The van der Waals surface area contributed by atoms with Gasteiger partial charge in [-0.3, -0.25) is 4.79 Å². The molecule has 0 unspecified atom stereocenters. The number of anilines is 1. The van der Waals surface area contributed by atoms with E-state index in [0.29, 0.717) is 0 Å². The van der Waals surface area contributed by atoms with Gasteiger partial charge in [-0.2, -0.15) is 13.2 Å². The molecular formula is C22H19F5N2O5. The Labute approximate surface area is 190 Å². The number of hydrogen-bond donors (Lipinski definition) is 2. The minimum atomic E-state index is -4.94. The molecule has 0 aliphatic carbocycles. The molecule has 0 aromatic heterocycles. The first kappa shape index (κ1) is 25.0. The zero-order valence-electron chi connectivity index (χ0n) is 17.9. The van der Waals surface area contributed by atoms with E-state index in [1.165, 1.54) is 30.0 Å². The molecule has 0 saturated heterocycles. The maximum absolute atomic E-state index is 14.2. The third kappa shape index (κ3) is 4.96. The highest BCUT2D eigenvalue weighted by Gasteiger charge is 2.35. The van der Waals surface area contributed by atoms with Crippen molar-refractivity contribution in [1.82, 2.24) is 4.90 Å². The van der Waals surface area contributed by atoms with Gasteiger partial charge in [-0.15, -0.1) is 0 Å². The Balaban J connectivity index is 1.94. The second kappa shape index (κ2) is 9.67. The smallest absolute Gasteiger partial charge is 0.416 e. The second-order valence-electron chi connectivity index (χ2n) is 7.22. The largest absolute Gasteiger partial charge is 0.466 e. The van der Waals surface area contributed by atoms with Gasteiger partial charge in [-0.25, -0.2) is 13.6 Å². The van der Waals surface area contributed by atoms with Gasteiger partial charge in [0.2, 0.25) is 0 Å². The van der Waals surface area contributed by atoms with Crippen molar-refractivity contribution >= 4 is 17.6 Å². The molecule has 12 heteroatoms. The van der Waals surface area contributed by atoms with Crippen molar-refractivity contribution in [2.75, 3.05) is 32.1 Å². The van der Waals surface area contributed by atoms with E-state index in [0.717, 1.165) is 7.11 Å². The number of nitrogens with one attached hydrogen (secondary N) is 1. The number of hydrogen-bond acceptors (Lipinski definition) is 6. The van der Waals surface area contributed by atoms with Crippen LogP contribution in [-0.4, -0.2) is 48.7 Å². The van der Waals surface area contributed by atoms with E-state index in [4.69, 9.17) is 14.6 Å². The van der Waals surface area contributed by atoms with E-state index in [2.05, 4.69) is 5.32 Å². The van der Waals surface area contributed by atoms with Crippen LogP contribution in [0.4, 0.5) is 27.6 Å². The third-order valence-corrected chi connectivity index (χ3v) is 5.03. The lowest BCUT2D eigenvalue weighted by Crippen LogP contribution is -2.31. The number of esters is 1. The number of benzene rings is 2. The number of rotatable bonds is 7. The number of aliphatic hydroxyl groups is 1. The fourth-order valence-corrected chi connectivity index (χ4v) is 3.28. The molecule has 1 aliphatic heterocycles. The molecular weight excluding hydrogens is 467 g/mol. The van der Waals surface area contributed by atoms with Crippen LogP contribution < -0.4 is 10.1 Å². The maximum atomic E-state index is 14.2. The molecule has 3 rings (SSSR count).